The van der Waals surface area contributed by atoms with Crippen molar-refractivity contribution in [2.24, 2.45) is 5.92 Å². The molecule has 1 aromatic heterocycles. The monoisotopic (exact) mass is 396 g/mol. The molecule has 1 aromatic carbocycles. The van der Waals surface area contributed by atoms with Gasteiger partial charge >= 0.3 is 0 Å². The molecule has 2 amide bonds. The summed E-state index contributed by atoms with van der Waals surface area (Å²) in [7, 11) is 0. The van der Waals surface area contributed by atoms with E-state index in [1.54, 1.807) is 23.5 Å². The summed E-state index contributed by atoms with van der Waals surface area (Å²) in [6, 6.07) is 9.49. The number of hydrogen-bond acceptors (Lipinski definition) is 3. The Bertz CT molecular complexity index is 874. The van der Waals surface area contributed by atoms with Crippen molar-refractivity contribution in [2.75, 3.05) is 11.9 Å². The molecule has 28 heavy (non-hydrogen) atoms. The molecule has 1 aliphatic carbocycles. The summed E-state index contributed by atoms with van der Waals surface area (Å²) in [6.07, 6.45) is 6.33. The van der Waals surface area contributed by atoms with Crippen LogP contribution in [-0.2, 0) is 12.8 Å². The van der Waals surface area contributed by atoms with E-state index in [2.05, 4.69) is 19.2 Å². The van der Waals surface area contributed by atoms with E-state index in [0.717, 1.165) is 49.2 Å². The Morgan fingerprint density at radius 2 is 1.89 bits per heavy atom. The summed E-state index contributed by atoms with van der Waals surface area (Å²) in [5, 5.41) is 3.80. The molecule has 2 atom stereocenters. The molecule has 0 radical (unpaired) electrons. The van der Waals surface area contributed by atoms with Crippen LogP contribution >= 0.6 is 11.3 Å². The third kappa shape index (κ3) is 3.72. The molecule has 0 saturated carbocycles. The largest absolute Gasteiger partial charge is 0.336 e. The highest BCUT2D eigenvalue weighted by Crippen LogP contribution is 2.41. The first-order chi connectivity index (χ1) is 13.5. The zero-order valence-electron chi connectivity index (χ0n) is 16.7. The lowest BCUT2D eigenvalue weighted by Gasteiger charge is -2.34. The molecule has 2 heterocycles. The Hall–Kier alpha value is -2.14. The number of rotatable bonds is 3. The zero-order chi connectivity index (χ0) is 19.7. The Kier molecular flexibility index (Phi) is 5.54. The third-order valence-electron chi connectivity index (χ3n) is 6.05. The van der Waals surface area contributed by atoms with Crippen LogP contribution in [0.5, 0.6) is 0 Å². The normalized spacial score (nSPS) is 21.9. The van der Waals surface area contributed by atoms with E-state index in [1.165, 1.54) is 16.9 Å². The Morgan fingerprint density at radius 1 is 1.11 bits per heavy atom. The zero-order valence-corrected chi connectivity index (χ0v) is 17.5. The van der Waals surface area contributed by atoms with Gasteiger partial charge in [0.1, 0.15) is 5.00 Å². The summed E-state index contributed by atoms with van der Waals surface area (Å²) in [5.41, 5.74) is 2.55. The topological polar surface area (TPSA) is 49.4 Å². The number of nitrogens with one attached hydrogen (secondary N) is 1. The van der Waals surface area contributed by atoms with Crippen LogP contribution in [0.1, 0.15) is 70.7 Å². The van der Waals surface area contributed by atoms with Crippen LogP contribution in [0.15, 0.2) is 30.3 Å². The number of thiophene rings is 1. The minimum atomic E-state index is -0.145. The number of benzene rings is 1. The Morgan fingerprint density at radius 3 is 2.64 bits per heavy atom. The van der Waals surface area contributed by atoms with E-state index in [-0.39, 0.29) is 17.9 Å². The van der Waals surface area contributed by atoms with Gasteiger partial charge in [0.2, 0.25) is 0 Å². The van der Waals surface area contributed by atoms with E-state index in [9.17, 15) is 9.59 Å². The number of piperidine rings is 1. The van der Waals surface area contributed by atoms with Crippen LogP contribution in [0.25, 0.3) is 0 Å². The SMILES string of the molecule is C[C@@H]1CCc2c(sc(NC(=O)c3ccccc3)c2C(=O)N2CCCC[C@@H]2C)C1. The summed E-state index contributed by atoms with van der Waals surface area (Å²) in [5.74, 6) is 0.580. The van der Waals surface area contributed by atoms with Crippen LogP contribution in [0, 0.1) is 5.92 Å². The first-order valence-corrected chi connectivity index (χ1v) is 11.2. The molecule has 1 aliphatic heterocycles. The fourth-order valence-electron chi connectivity index (χ4n) is 4.37. The number of carbonyl (C=O) groups excluding carboxylic acids is 2. The van der Waals surface area contributed by atoms with Crippen LogP contribution in [0.4, 0.5) is 5.00 Å². The van der Waals surface area contributed by atoms with Gasteiger partial charge in [-0.25, -0.2) is 0 Å². The van der Waals surface area contributed by atoms with Gasteiger partial charge in [0, 0.05) is 23.0 Å². The Labute approximate surface area is 170 Å². The molecule has 0 bridgehead atoms. The fourth-order valence-corrected chi connectivity index (χ4v) is 5.77. The van der Waals surface area contributed by atoms with Crippen LogP contribution in [-0.4, -0.2) is 29.3 Å². The maximum Gasteiger partial charge on any atom is 0.257 e. The van der Waals surface area contributed by atoms with Crippen LogP contribution in [0.2, 0.25) is 0 Å². The van der Waals surface area contributed by atoms with Crippen molar-refractivity contribution in [2.45, 2.75) is 58.4 Å². The molecule has 2 aromatic rings. The van der Waals surface area contributed by atoms with Crippen LogP contribution in [0.3, 0.4) is 0 Å². The van der Waals surface area contributed by atoms with E-state index >= 15 is 0 Å². The lowest BCUT2D eigenvalue weighted by atomic mass is 9.88. The molecule has 1 saturated heterocycles. The van der Waals surface area contributed by atoms with Crippen molar-refractivity contribution in [1.29, 1.82) is 0 Å². The number of hydrogen-bond donors (Lipinski definition) is 1. The van der Waals surface area contributed by atoms with Gasteiger partial charge in [-0.3, -0.25) is 9.59 Å². The van der Waals surface area contributed by atoms with Gasteiger partial charge < -0.3 is 10.2 Å². The third-order valence-corrected chi connectivity index (χ3v) is 7.22. The van der Waals surface area contributed by atoms with E-state index in [0.29, 0.717) is 11.5 Å². The van der Waals surface area contributed by atoms with Crippen molar-refractivity contribution in [3.8, 4) is 0 Å². The fraction of sp³-hybridized carbons (Fsp3) is 0.478. The van der Waals surface area contributed by atoms with Crippen molar-refractivity contribution < 1.29 is 9.59 Å². The average molecular weight is 397 g/mol. The highest BCUT2D eigenvalue weighted by atomic mass is 32.1. The molecule has 0 spiro atoms. The molecular weight excluding hydrogens is 368 g/mol. The van der Waals surface area contributed by atoms with Gasteiger partial charge in [0.25, 0.3) is 11.8 Å². The molecule has 1 N–H and O–H groups in total. The molecule has 5 heteroatoms. The first-order valence-electron chi connectivity index (χ1n) is 10.4. The minimum Gasteiger partial charge on any atom is -0.336 e. The van der Waals surface area contributed by atoms with Gasteiger partial charge in [-0.1, -0.05) is 25.1 Å². The summed E-state index contributed by atoms with van der Waals surface area (Å²) in [4.78, 5) is 29.6. The number of amides is 2. The molecular formula is C23H28N2O2S. The summed E-state index contributed by atoms with van der Waals surface area (Å²) >= 11 is 1.60. The molecule has 2 aliphatic rings. The Balaban J connectivity index is 1.69. The van der Waals surface area contributed by atoms with E-state index in [1.807, 2.05) is 23.1 Å². The van der Waals surface area contributed by atoms with Gasteiger partial charge in [0.05, 0.1) is 5.56 Å². The second kappa shape index (κ2) is 8.08. The highest BCUT2D eigenvalue weighted by molar-refractivity contribution is 7.17. The van der Waals surface area contributed by atoms with Crippen molar-refractivity contribution >= 4 is 28.2 Å². The predicted octanol–water partition coefficient (Wildman–Crippen LogP) is 5.14. The smallest absolute Gasteiger partial charge is 0.257 e. The molecule has 0 unspecified atom stereocenters. The van der Waals surface area contributed by atoms with E-state index in [4.69, 9.17) is 0 Å². The second-order valence-corrected chi connectivity index (χ2v) is 9.32. The summed E-state index contributed by atoms with van der Waals surface area (Å²) < 4.78 is 0. The maximum absolute atomic E-state index is 13.5. The minimum absolute atomic E-state index is 0.0996. The van der Waals surface area contributed by atoms with Gasteiger partial charge in [0.15, 0.2) is 0 Å². The number of likely N-dealkylation sites (tertiary alicyclic amines) is 1. The molecule has 148 valence electrons. The molecule has 4 rings (SSSR count). The van der Waals surface area contributed by atoms with E-state index < -0.39 is 0 Å². The highest BCUT2D eigenvalue weighted by Gasteiger charge is 2.33. The predicted molar refractivity (Wildman–Crippen MR) is 114 cm³/mol. The average Bonchev–Trinajstić information content (AvgIpc) is 3.05. The maximum atomic E-state index is 13.5. The lowest BCUT2D eigenvalue weighted by Crippen LogP contribution is -2.42. The second-order valence-electron chi connectivity index (χ2n) is 8.22. The standard InChI is InChI=1S/C23H28N2O2S/c1-15-11-12-18-19(14-15)28-22(24-21(26)17-9-4-3-5-10-17)20(18)23(27)25-13-7-6-8-16(25)2/h3-5,9-10,15-16H,6-8,11-14H2,1-2H3,(H,24,26)/t15-,16+/m1/s1. The first kappa shape index (κ1) is 19.2. The van der Waals surface area contributed by atoms with Gasteiger partial charge in [-0.05, 0) is 69.1 Å². The van der Waals surface area contributed by atoms with Crippen molar-refractivity contribution in [3.63, 3.8) is 0 Å². The van der Waals surface area contributed by atoms with Gasteiger partial charge in [-0.15, -0.1) is 11.3 Å². The summed E-state index contributed by atoms with van der Waals surface area (Å²) in [6.45, 7) is 5.21. The van der Waals surface area contributed by atoms with Crippen molar-refractivity contribution in [1.82, 2.24) is 4.90 Å². The van der Waals surface area contributed by atoms with Crippen LogP contribution < -0.4 is 5.32 Å². The number of anilines is 1. The van der Waals surface area contributed by atoms with Crippen molar-refractivity contribution in [3.05, 3.63) is 51.9 Å². The molecule has 1 fully saturated rings. The quantitative estimate of drug-likeness (QED) is 0.781. The number of nitrogens with zero attached hydrogens (tertiary/aromatic N) is 1. The molecule has 4 nitrogen and oxygen atoms in total. The lowest BCUT2D eigenvalue weighted by molar-refractivity contribution is 0.0635. The number of fused-ring (bicyclic) bond motifs is 1. The van der Waals surface area contributed by atoms with Gasteiger partial charge in [-0.2, -0.15) is 0 Å². The number of carbonyl (C=O) groups is 2.